The molecule has 3 nitrogen and oxygen atoms in total. The second-order valence-corrected chi connectivity index (χ2v) is 5.32. The van der Waals surface area contributed by atoms with E-state index in [9.17, 15) is 0 Å². The van der Waals surface area contributed by atoms with Gasteiger partial charge in [0.25, 0.3) is 0 Å². The SMILES string of the molecule is CNc1c[nH]c2ccc(CCOc3ccc(Cl)cc3)cc12. The van der Waals surface area contributed by atoms with Gasteiger partial charge in [0.05, 0.1) is 12.3 Å². The molecule has 0 radical (unpaired) electrons. The van der Waals surface area contributed by atoms with E-state index in [1.54, 1.807) is 0 Å². The molecule has 0 fully saturated rings. The Labute approximate surface area is 128 Å². The van der Waals surface area contributed by atoms with Crippen LogP contribution in [0.5, 0.6) is 5.75 Å². The molecule has 0 bridgehead atoms. The highest BCUT2D eigenvalue weighted by molar-refractivity contribution is 6.30. The average Bonchev–Trinajstić information content (AvgIpc) is 2.91. The van der Waals surface area contributed by atoms with Crippen molar-refractivity contribution >= 4 is 28.2 Å². The summed E-state index contributed by atoms with van der Waals surface area (Å²) in [5.74, 6) is 0.845. The normalized spacial score (nSPS) is 10.8. The fourth-order valence-electron chi connectivity index (χ4n) is 2.35. The minimum Gasteiger partial charge on any atom is -0.493 e. The minimum atomic E-state index is 0.645. The second kappa shape index (κ2) is 6.10. The van der Waals surface area contributed by atoms with Crippen LogP contribution >= 0.6 is 11.6 Å². The maximum Gasteiger partial charge on any atom is 0.119 e. The number of benzene rings is 2. The molecular formula is C17H17ClN2O. The van der Waals surface area contributed by atoms with Crippen LogP contribution < -0.4 is 10.1 Å². The van der Waals surface area contributed by atoms with E-state index in [0.29, 0.717) is 6.61 Å². The van der Waals surface area contributed by atoms with E-state index in [1.165, 1.54) is 10.9 Å². The topological polar surface area (TPSA) is 37.0 Å². The van der Waals surface area contributed by atoms with Crippen molar-refractivity contribution in [2.75, 3.05) is 19.0 Å². The first kappa shape index (κ1) is 13.8. The van der Waals surface area contributed by atoms with Crippen LogP contribution in [0.4, 0.5) is 5.69 Å². The first-order valence-electron chi connectivity index (χ1n) is 6.92. The molecule has 0 amide bonds. The minimum absolute atomic E-state index is 0.645. The van der Waals surface area contributed by atoms with Crippen LogP contribution in [0.15, 0.2) is 48.7 Å². The number of H-pyrrole nitrogens is 1. The van der Waals surface area contributed by atoms with Crippen molar-refractivity contribution < 1.29 is 4.74 Å². The van der Waals surface area contributed by atoms with Gasteiger partial charge in [-0.1, -0.05) is 17.7 Å². The van der Waals surface area contributed by atoms with Crippen LogP contribution in [0, 0.1) is 0 Å². The summed E-state index contributed by atoms with van der Waals surface area (Å²) in [6.45, 7) is 0.645. The average molecular weight is 301 g/mol. The van der Waals surface area contributed by atoms with E-state index in [1.807, 2.05) is 37.5 Å². The zero-order valence-corrected chi connectivity index (χ0v) is 12.6. The lowest BCUT2D eigenvalue weighted by atomic mass is 10.1. The highest BCUT2D eigenvalue weighted by Gasteiger charge is 2.03. The third kappa shape index (κ3) is 3.14. The van der Waals surface area contributed by atoms with Gasteiger partial charge < -0.3 is 15.0 Å². The molecule has 1 heterocycles. The standard InChI is InChI=1S/C17H17ClN2O/c1-19-17-11-20-16-7-2-12(10-15(16)17)8-9-21-14-5-3-13(18)4-6-14/h2-7,10-11,19-20H,8-9H2,1H3. The quantitative estimate of drug-likeness (QED) is 0.728. The smallest absolute Gasteiger partial charge is 0.119 e. The number of hydrogen-bond acceptors (Lipinski definition) is 2. The summed E-state index contributed by atoms with van der Waals surface area (Å²) in [4.78, 5) is 3.25. The van der Waals surface area contributed by atoms with Crippen LogP contribution in [0.1, 0.15) is 5.56 Å². The van der Waals surface area contributed by atoms with Crippen molar-refractivity contribution in [1.82, 2.24) is 4.98 Å². The van der Waals surface area contributed by atoms with Gasteiger partial charge in [0.15, 0.2) is 0 Å². The number of aromatic nitrogens is 1. The molecule has 3 aromatic rings. The van der Waals surface area contributed by atoms with Gasteiger partial charge in [0, 0.05) is 35.6 Å². The number of aromatic amines is 1. The zero-order chi connectivity index (χ0) is 14.7. The van der Waals surface area contributed by atoms with Gasteiger partial charge in [0.1, 0.15) is 5.75 Å². The molecule has 1 aromatic heterocycles. The molecule has 0 saturated heterocycles. The number of ether oxygens (including phenoxy) is 1. The van der Waals surface area contributed by atoms with E-state index in [4.69, 9.17) is 16.3 Å². The predicted octanol–water partition coefficient (Wildman–Crippen LogP) is 4.48. The molecule has 0 aliphatic rings. The number of hydrogen-bond donors (Lipinski definition) is 2. The number of nitrogens with one attached hydrogen (secondary N) is 2. The lowest BCUT2D eigenvalue weighted by Gasteiger charge is -2.07. The van der Waals surface area contributed by atoms with Gasteiger partial charge in [-0.3, -0.25) is 0 Å². The Morgan fingerprint density at radius 2 is 1.95 bits per heavy atom. The first-order chi connectivity index (χ1) is 10.3. The van der Waals surface area contributed by atoms with Gasteiger partial charge >= 0.3 is 0 Å². The number of halogens is 1. The Hall–Kier alpha value is -2.13. The van der Waals surface area contributed by atoms with Crippen LogP contribution in [-0.4, -0.2) is 18.6 Å². The molecule has 108 valence electrons. The Morgan fingerprint density at radius 1 is 1.14 bits per heavy atom. The maximum absolute atomic E-state index is 5.85. The van der Waals surface area contributed by atoms with E-state index in [0.717, 1.165) is 28.4 Å². The molecule has 0 aliphatic heterocycles. The molecule has 2 aromatic carbocycles. The fraction of sp³-hybridized carbons (Fsp3) is 0.176. The molecule has 21 heavy (non-hydrogen) atoms. The van der Waals surface area contributed by atoms with Crippen molar-refractivity contribution in [3.8, 4) is 5.75 Å². The third-order valence-corrected chi connectivity index (χ3v) is 3.74. The zero-order valence-electron chi connectivity index (χ0n) is 11.8. The second-order valence-electron chi connectivity index (χ2n) is 4.88. The van der Waals surface area contributed by atoms with Gasteiger partial charge in [-0.15, -0.1) is 0 Å². The third-order valence-electron chi connectivity index (χ3n) is 3.49. The van der Waals surface area contributed by atoms with Crippen molar-refractivity contribution in [3.05, 3.63) is 59.2 Å². The number of fused-ring (bicyclic) bond motifs is 1. The van der Waals surface area contributed by atoms with Crippen molar-refractivity contribution in [2.45, 2.75) is 6.42 Å². The van der Waals surface area contributed by atoms with E-state index >= 15 is 0 Å². The molecule has 0 unspecified atom stereocenters. The molecule has 0 spiro atoms. The fourth-order valence-corrected chi connectivity index (χ4v) is 2.47. The van der Waals surface area contributed by atoms with Crippen LogP contribution in [0.25, 0.3) is 10.9 Å². The largest absolute Gasteiger partial charge is 0.493 e. The van der Waals surface area contributed by atoms with Crippen molar-refractivity contribution in [3.63, 3.8) is 0 Å². The Kier molecular flexibility index (Phi) is 4.02. The molecule has 4 heteroatoms. The van der Waals surface area contributed by atoms with E-state index < -0.39 is 0 Å². The monoisotopic (exact) mass is 300 g/mol. The van der Waals surface area contributed by atoms with Crippen molar-refractivity contribution in [1.29, 1.82) is 0 Å². The molecule has 0 atom stereocenters. The van der Waals surface area contributed by atoms with Crippen LogP contribution in [0.2, 0.25) is 5.02 Å². The summed E-state index contributed by atoms with van der Waals surface area (Å²) < 4.78 is 5.73. The Balaban J connectivity index is 1.66. The molecule has 0 saturated carbocycles. The highest BCUT2D eigenvalue weighted by atomic mass is 35.5. The number of rotatable bonds is 5. The van der Waals surface area contributed by atoms with Crippen LogP contribution in [0.3, 0.4) is 0 Å². The summed E-state index contributed by atoms with van der Waals surface area (Å²) in [7, 11) is 1.93. The summed E-state index contributed by atoms with van der Waals surface area (Å²) >= 11 is 5.85. The first-order valence-corrected chi connectivity index (χ1v) is 7.30. The van der Waals surface area contributed by atoms with Crippen LogP contribution in [-0.2, 0) is 6.42 Å². The summed E-state index contributed by atoms with van der Waals surface area (Å²) in [5.41, 5.74) is 3.51. The molecule has 0 aliphatic carbocycles. The molecule has 2 N–H and O–H groups in total. The predicted molar refractivity (Wildman–Crippen MR) is 88.5 cm³/mol. The van der Waals surface area contributed by atoms with Gasteiger partial charge in [-0.05, 0) is 42.0 Å². The Morgan fingerprint density at radius 3 is 2.71 bits per heavy atom. The van der Waals surface area contributed by atoms with Crippen molar-refractivity contribution in [2.24, 2.45) is 0 Å². The molecular weight excluding hydrogens is 284 g/mol. The number of anilines is 1. The maximum atomic E-state index is 5.85. The lowest BCUT2D eigenvalue weighted by Crippen LogP contribution is -2.01. The van der Waals surface area contributed by atoms with Gasteiger partial charge in [-0.2, -0.15) is 0 Å². The van der Waals surface area contributed by atoms with E-state index in [-0.39, 0.29) is 0 Å². The highest BCUT2D eigenvalue weighted by Crippen LogP contribution is 2.24. The Bertz CT molecular complexity index is 734. The van der Waals surface area contributed by atoms with Gasteiger partial charge in [-0.25, -0.2) is 0 Å². The van der Waals surface area contributed by atoms with Gasteiger partial charge in [0.2, 0.25) is 0 Å². The summed E-state index contributed by atoms with van der Waals surface area (Å²) in [5, 5.41) is 5.12. The summed E-state index contributed by atoms with van der Waals surface area (Å²) in [6.07, 6.45) is 2.85. The summed E-state index contributed by atoms with van der Waals surface area (Å²) in [6, 6.07) is 13.9. The molecule has 3 rings (SSSR count). The lowest BCUT2D eigenvalue weighted by molar-refractivity contribution is 0.322. The van der Waals surface area contributed by atoms with E-state index in [2.05, 4.69) is 28.5 Å².